The lowest BCUT2D eigenvalue weighted by Gasteiger charge is -2.10. The predicted octanol–water partition coefficient (Wildman–Crippen LogP) is 0.491. The third-order valence-electron chi connectivity index (χ3n) is 2.07. The van der Waals surface area contributed by atoms with Crippen molar-refractivity contribution in [3.63, 3.8) is 0 Å². The van der Waals surface area contributed by atoms with Crippen LogP contribution in [0.15, 0.2) is 18.2 Å². The van der Waals surface area contributed by atoms with Gasteiger partial charge in [-0.15, -0.1) is 0 Å². The van der Waals surface area contributed by atoms with Gasteiger partial charge in [0.1, 0.15) is 6.61 Å². The lowest BCUT2D eigenvalue weighted by Crippen LogP contribution is -2.20. The van der Waals surface area contributed by atoms with Crippen LogP contribution in [0.4, 0.5) is 11.4 Å². The summed E-state index contributed by atoms with van der Waals surface area (Å²) in [5, 5.41) is 3.17. The van der Waals surface area contributed by atoms with Crippen LogP contribution in [0.1, 0.15) is 5.56 Å². The Morgan fingerprint density at radius 3 is 2.94 bits per heavy atom. The minimum atomic E-state index is -0.458. The minimum Gasteiger partial charge on any atom is -0.399 e. The molecule has 0 atom stereocenters. The molecule has 0 fully saturated rings. The van der Waals surface area contributed by atoms with E-state index in [4.69, 9.17) is 16.2 Å². The molecule has 0 unspecified atom stereocenters. The molecule has 0 saturated carbocycles. The van der Waals surface area contributed by atoms with Crippen LogP contribution in [0.3, 0.4) is 0 Å². The van der Waals surface area contributed by atoms with E-state index < -0.39 is 5.91 Å². The van der Waals surface area contributed by atoms with Gasteiger partial charge in [0.2, 0.25) is 5.91 Å². The first kappa shape index (κ1) is 12.3. The van der Waals surface area contributed by atoms with Crippen LogP contribution < -0.4 is 16.8 Å². The standard InChI is InChI=1S/C11H17N3O2/c1-8-2-3-9(12)6-10(8)14-4-5-16-7-11(13)15/h2-3,6,14H,4-5,7,12H2,1H3,(H2,13,15). The summed E-state index contributed by atoms with van der Waals surface area (Å²) in [7, 11) is 0. The van der Waals surface area contributed by atoms with Gasteiger partial charge in [-0.3, -0.25) is 4.79 Å². The van der Waals surface area contributed by atoms with E-state index in [1.54, 1.807) is 0 Å². The van der Waals surface area contributed by atoms with Gasteiger partial charge < -0.3 is 21.5 Å². The largest absolute Gasteiger partial charge is 0.399 e. The molecule has 0 saturated heterocycles. The molecule has 5 heteroatoms. The van der Waals surface area contributed by atoms with Crippen LogP contribution in [-0.2, 0) is 9.53 Å². The van der Waals surface area contributed by atoms with Crippen LogP contribution in [0.5, 0.6) is 0 Å². The molecule has 0 spiro atoms. The summed E-state index contributed by atoms with van der Waals surface area (Å²) >= 11 is 0. The Bertz CT molecular complexity index is 366. The zero-order chi connectivity index (χ0) is 12.0. The molecule has 5 N–H and O–H groups in total. The maximum absolute atomic E-state index is 10.4. The number of nitrogens with two attached hydrogens (primary N) is 2. The Kier molecular flexibility index (Phi) is 4.60. The van der Waals surface area contributed by atoms with E-state index in [2.05, 4.69) is 5.32 Å². The molecule has 5 nitrogen and oxygen atoms in total. The zero-order valence-corrected chi connectivity index (χ0v) is 9.32. The normalized spacial score (nSPS) is 10.1. The van der Waals surface area contributed by atoms with E-state index in [0.29, 0.717) is 18.8 Å². The molecule has 0 aliphatic rings. The number of nitrogens with one attached hydrogen (secondary N) is 1. The van der Waals surface area contributed by atoms with E-state index in [1.165, 1.54) is 0 Å². The van der Waals surface area contributed by atoms with Crippen LogP contribution >= 0.6 is 0 Å². The second-order valence-corrected chi connectivity index (χ2v) is 3.52. The molecule has 0 aliphatic heterocycles. The molecule has 1 aromatic carbocycles. The van der Waals surface area contributed by atoms with E-state index in [-0.39, 0.29) is 6.61 Å². The summed E-state index contributed by atoms with van der Waals surface area (Å²) in [5.74, 6) is -0.458. The second-order valence-electron chi connectivity index (χ2n) is 3.52. The Hall–Kier alpha value is -1.75. The van der Waals surface area contributed by atoms with Crippen LogP contribution in [0.2, 0.25) is 0 Å². The molecule has 0 aromatic heterocycles. The van der Waals surface area contributed by atoms with Crippen molar-refractivity contribution in [2.75, 3.05) is 30.8 Å². The van der Waals surface area contributed by atoms with Gasteiger partial charge in [0.25, 0.3) is 0 Å². The minimum absolute atomic E-state index is 0.0441. The summed E-state index contributed by atoms with van der Waals surface area (Å²) in [6, 6.07) is 5.66. The number of carbonyl (C=O) groups is 1. The maximum atomic E-state index is 10.4. The molecule has 0 aliphatic carbocycles. The number of hydrogen-bond donors (Lipinski definition) is 3. The number of anilines is 2. The molecule has 1 aromatic rings. The molecule has 16 heavy (non-hydrogen) atoms. The first-order valence-electron chi connectivity index (χ1n) is 5.05. The van der Waals surface area contributed by atoms with Gasteiger partial charge in [-0.1, -0.05) is 6.07 Å². The highest BCUT2D eigenvalue weighted by Gasteiger charge is 1.98. The molecule has 0 radical (unpaired) electrons. The number of carbonyl (C=O) groups excluding carboxylic acids is 1. The van der Waals surface area contributed by atoms with Crippen molar-refractivity contribution in [1.82, 2.24) is 0 Å². The lowest BCUT2D eigenvalue weighted by molar-refractivity contribution is -0.122. The Balaban J connectivity index is 2.31. The lowest BCUT2D eigenvalue weighted by atomic mass is 10.2. The summed E-state index contributed by atoms with van der Waals surface area (Å²) in [5.41, 5.74) is 13.4. The van der Waals surface area contributed by atoms with Crippen LogP contribution in [-0.4, -0.2) is 25.7 Å². The zero-order valence-electron chi connectivity index (χ0n) is 9.32. The molecular weight excluding hydrogens is 206 g/mol. The van der Waals surface area contributed by atoms with E-state index in [0.717, 1.165) is 11.3 Å². The summed E-state index contributed by atoms with van der Waals surface area (Å²) in [6.07, 6.45) is 0. The van der Waals surface area contributed by atoms with Gasteiger partial charge in [-0.2, -0.15) is 0 Å². The number of amides is 1. The number of nitrogen functional groups attached to an aromatic ring is 1. The quantitative estimate of drug-likeness (QED) is 0.483. The van der Waals surface area contributed by atoms with Crippen molar-refractivity contribution in [2.24, 2.45) is 5.73 Å². The van der Waals surface area contributed by atoms with Crippen molar-refractivity contribution in [2.45, 2.75) is 6.92 Å². The smallest absolute Gasteiger partial charge is 0.243 e. The van der Waals surface area contributed by atoms with Crippen LogP contribution in [0.25, 0.3) is 0 Å². The fourth-order valence-corrected chi connectivity index (χ4v) is 1.26. The second kappa shape index (κ2) is 5.97. The number of hydrogen-bond acceptors (Lipinski definition) is 4. The third kappa shape index (κ3) is 4.18. The highest BCUT2D eigenvalue weighted by molar-refractivity contribution is 5.74. The van der Waals surface area contributed by atoms with Gasteiger partial charge >= 0.3 is 0 Å². The monoisotopic (exact) mass is 223 g/mol. The SMILES string of the molecule is Cc1ccc(N)cc1NCCOCC(N)=O. The molecule has 1 amide bonds. The van der Waals surface area contributed by atoms with Crippen molar-refractivity contribution < 1.29 is 9.53 Å². The Labute approximate surface area is 94.8 Å². The Morgan fingerprint density at radius 2 is 2.25 bits per heavy atom. The highest BCUT2D eigenvalue weighted by Crippen LogP contribution is 2.17. The molecular formula is C11H17N3O2. The van der Waals surface area contributed by atoms with Gasteiger partial charge in [0.15, 0.2) is 0 Å². The number of ether oxygens (including phenoxy) is 1. The first-order chi connectivity index (χ1) is 7.59. The van der Waals surface area contributed by atoms with Gasteiger partial charge in [0, 0.05) is 17.9 Å². The first-order valence-corrected chi connectivity index (χ1v) is 5.05. The van der Waals surface area contributed by atoms with E-state index >= 15 is 0 Å². The third-order valence-corrected chi connectivity index (χ3v) is 2.07. The van der Waals surface area contributed by atoms with Crippen molar-refractivity contribution in [3.8, 4) is 0 Å². The molecule has 88 valence electrons. The van der Waals surface area contributed by atoms with Crippen molar-refractivity contribution in [3.05, 3.63) is 23.8 Å². The van der Waals surface area contributed by atoms with Crippen molar-refractivity contribution >= 4 is 17.3 Å². The fourth-order valence-electron chi connectivity index (χ4n) is 1.26. The maximum Gasteiger partial charge on any atom is 0.243 e. The summed E-state index contributed by atoms with van der Waals surface area (Å²) in [6.45, 7) is 2.98. The molecule has 1 rings (SSSR count). The average molecular weight is 223 g/mol. The van der Waals surface area contributed by atoms with Gasteiger partial charge in [-0.25, -0.2) is 0 Å². The summed E-state index contributed by atoms with van der Waals surface area (Å²) in [4.78, 5) is 10.4. The number of aryl methyl sites for hydroxylation is 1. The predicted molar refractivity (Wildman–Crippen MR) is 64.1 cm³/mol. The number of rotatable bonds is 6. The highest BCUT2D eigenvalue weighted by atomic mass is 16.5. The average Bonchev–Trinajstić information content (AvgIpc) is 2.22. The van der Waals surface area contributed by atoms with E-state index in [1.807, 2.05) is 25.1 Å². The topological polar surface area (TPSA) is 90.4 Å². The van der Waals surface area contributed by atoms with E-state index in [9.17, 15) is 4.79 Å². The van der Waals surface area contributed by atoms with Crippen LogP contribution in [0, 0.1) is 6.92 Å². The summed E-state index contributed by atoms with van der Waals surface area (Å²) < 4.78 is 5.02. The molecule has 0 bridgehead atoms. The molecule has 0 heterocycles. The Morgan fingerprint density at radius 1 is 1.50 bits per heavy atom. The number of primary amides is 1. The number of benzene rings is 1. The van der Waals surface area contributed by atoms with Gasteiger partial charge in [0.05, 0.1) is 6.61 Å². The van der Waals surface area contributed by atoms with Gasteiger partial charge in [-0.05, 0) is 24.6 Å². The fraction of sp³-hybridized carbons (Fsp3) is 0.364. The van der Waals surface area contributed by atoms with Crippen molar-refractivity contribution in [1.29, 1.82) is 0 Å².